The molecular formula is C14H18N2O3. The van der Waals surface area contributed by atoms with Crippen LogP contribution in [0.1, 0.15) is 22.3 Å². The number of aryl methyl sites for hydroxylation is 1. The molecule has 1 aromatic carbocycles. The van der Waals surface area contributed by atoms with Gasteiger partial charge < -0.3 is 15.0 Å². The number of hydrogen-bond acceptors (Lipinski definition) is 4. The number of carbonyl (C=O) groups excluding carboxylic acids is 2. The van der Waals surface area contributed by atoms with Crippen LogP contribution in [-0.2, 0) is 4.74 Å². The van der Waals surface area contributed by atoms with Gasteiger partial charge in [0, 0.05) is 24.3 Å². The molecule has 0 radical (unpaired) electrons. The van der Waals surface area contributed by atoms with Gasteiger partial charge in [-0.15, -0.1) is 0 Å². The summed E-state index contributed by atoms with van der Waals surface area (Å²) in [5, 5.41) is 2.81. The lowest BCUT2D eigenvalue weighted by Crippen LogP contribution is -2.36. The first-order valence-corrected chi connectivity index (χ1v) is 6.29. The lowest BCUT2D eigenvalue weighted by atomic mass is 10.1. The van der Waals surface area contributed by atoms with Gasteiger partial charge in [-0.05, 0) is 37.1 Å². The van der Waals surface area contributed by atoms with Crippen molar-refractivity contribution < 1.29 is 14.3 Å². The highest BCUT2D eigenvalue weighted by atomic mass is 16.5. The van der Waals surface area contributed by atoms with Crippen LogP contribution in [0, 0.1) is 6.92 Å². The Morgan fingerprint density at radius 1 is 1.53 bits per heavy atom. The second-order valence-corrected chi connectivity index (χ2v) is 4.73. The number of nitrogens with zero attached hydrogens (tertiary/aromatic N) is 1. The fourth-order valence-electron chi connectivity index (χ4n) is 2.33. The normalized spacial score (nSPS) is 18.2. The molecule has 0 bridgehead atoms. The minimum absolute atomic E-state index is 0.110. The molecule has 1 unspecified atom stereocenters. The first-order chi connectivity index (χ1) is 9.13. The Morgan fingerprint density at radius 3 is 2.95 bits per heavy atom. The average molecular weight is 262 g/mol. The second kappa shape index (κ2) is 5.73. The summed E-state index contributed by atoms with van der Waals surface area (Å²) < 4.78 is 4.60. The molecule has 1 aliphatic heterocycles. The zero-order valence-corrected chi connectivity index (χ0v) is 11.2. The van der Waals surface area contributed by atoms with Gasteiger partial charge in [0.25, 0.3) is 0 Å². The first-order valence-electron chi connectivity index (χ1n) is 6.29. The zero-order valence-electron chi connectivity index (χ0n) is 11.2. The molecule has 1 aliphatic rings. The fourth-order valence-corrected chi connectivity index (χ4v) is 2.33. The van der Waals surface area contributed by atoms with Gasteiger partial charge in [-0.25, -0.2) is 4.79 Å². The van der Waals surface area contributed by atoms with Crippen LogP contribution < -0.4 is 10.2 Å². The van der Waals surface area contributed by atoms with Crippen molar-refractivity contribution in [3.05, 3.63) is 29.3 Å². The Balaban J connectivity index is 2.02. The maximum absolute atomic E-state index is 11.2. The summed E-state index contributed by atoms with van der Waals surface area (Å²) in [5.74, 6) is 0. The van der Waals surface area contributed by atoms with Gasteiger partial charge >= 0.3 is 6.09 Å². The Labute approximate surface area is 112 Å². The van der Waals surface area contributed by atoms with Gasteiger partial charge in [0.15, 0.2) is 0 Å². The maximum atomic E-state index is 11.2. The predicted octanol–water partition coefficient (Wildman–Crippen LogP) is 1.74. The SMILES string of the molecule is COC(=O)NC1CCN(c2ccc(C=O)c(C)c2)C1. The zero-order chi connectivity index (χ0) is 13.8. The van der Waals surface area contributed by atoms with Gasteiger partial charge in [-0.2, -0.15) is 0 Å². The number of ether oxygens (including phenoxy) is 1. The molecule has 1 amide bonds. The molecule has 102 valence electrons. The van der Waals surface area contributed by atoms with Crippen molar-refractivity contribution in [2.45, 2.75) is 19.4 Å². The maximum Gasteiger partial charge on any atom is 0.407 e. The van der Waals surface area contributed by atoms with Crippen molar-refractivity contribution in [3.8, 4) is 0 Å². The van der Waals surface area contributed by atoms with Gasteiger partial charge in [-0.1, -0.05) is 0 Å². The number of rotatable bonds is 3. The van der Waals surface area contributed by atoms with Gasteiger partial charge in [0.05, 0.1) is 13.2 Å². The van der Waals surface area contributed by atoms with E-state index in [0.717, 1.165) is 37.0 Å². The van der Waals surface area contributed by atoms with E-state index in [9.17, 15) is 9.59 Å². The fraction of sp³-hybridized carbons (Fsp3) is 0.429. The number of aldehydes is 1. The quantitative estimate of drug-likeness (QED) is 0.843. The molecule has 2 rings (SSSR count). The van der Waals surface area contributed by atoms with Crippen LogP contribution in [0.3, 0.4) is 0 Å². The third kappa shape index (κ3) is 3.05. The average Bonchev–Trinajstić information content (AvgIpc) is 2.87. The predicted molar refractivity (Wildman–Crippen MR) is 72.7 cm³/mol. The van der Waals surface area contributed by atoms with E-state index in [2.05, 4.69) is 15.0 Å². The Kier molecular flexibility index (Phi) is 4.04. The smallest absolute Gasteiger partial charge is 0.407 e. The highest BCUT2D eigenvalue weighted by Gasteiger charge is 2.24. The molecule has 1 atom stereocenters. The van der Waals surface area contributed by atoms with Crippen molar-refractivity contribution in [1.82, 2.24) is 5.32 Å². The Hall–Kier alpha value is -2.04. The van der Waals surface area contributed by atoms with Gasteiger partial charge in [-0.3, -0.25) is 4.79 Å². The lowest BCUT2D eigenvalue weighted by Gasteiger charge is -2.19. The summed E-state index contributed by atoms with van der Waals surface area (Å²) in [6.45, 7) is 3.57. The molecule has 0 aromatic heterocycles. The molecule has 1 saturated heterocycles. The molecular weight excluding hydrogens is 244 g/mol. The van der Waals surface area contributed by atoms with Crippen LogP contribution in [0.4, 0.5) is 10.5 Å². The van der Waals surface area contributed by atoms with Crippen LogP contribution in [-0.4, -0.2) is 38.6 Å². The highest BCUT2D eigenvalue weighted by molar-refractivity contribution is 5.78. The number of benzene rings is 1. The summed E-state index contributed by atoms with van der Waals surface area (Å²) in [4.78, 5) is 24.1. The largest absolute Gasteiger partial charge is 0.453 e. The van der Waals surface area contributed by atoms with Crippen molar-refractivity contribution in [2.24, 2.45) is 0 Å². The van der Waals surface area contributed by atoms with Crippen molar-refractivity contribution in [1.29, 1.82) is 0 Å². The van der Waals surface area contributed by atoms with Crippen LogP contribution in [0.15, 0.2) is 18.2 Å². The minimum atomic E-state index is -0.390. The monoisotopic (exact) mass is 262 g/mol. The molecule has 5 heteroatoms. The summed E-state index contributed by atoms with van der Waals surface area (Å²) in [6, 6.07) is 5.89. The molecule has 1 N–H and O–H groups in total. The molecule has 1 aromatic rings. The van der Waals surface area contributed by atoms with E-state index in [0.29, 0.717) is 5.56 Å². The molecule has 5 nitrogen and oxygen atoms in total. The summed E-state index contributed by atoms with van der Waals surface area (Å²) in [7, 11) is 1.36. The Morgan fingerprint density at radius 2 is 2.32 bits per heavy atom. The van der Waals surface area contributed by atoms with Crippen molar-refractivity contribution in [2.75, 3.05) is 25.1 Å². The molecule has 0 spiro atoms. The Bertz CT molecular complexity index is 488. The van der Waals surface area contributed by atoms with E-state index in [1.807, 2.05) is 25.1 Å². The number of hydrogen-bond donors (Lipinski definition) is 1. The number of alkyl carbamates (subject to hydrolysis) is 1. The molecule has 1 fully saturated rings. The third-order valence-corrected chi connectivity index (χ3v) is 3.44. The van der Waals surface area contributed by atoms with Crippen molar-refractivity contribution in [3.63, 3.8) is 0 Å². The number of carbonyl (C=O) groups is 2. The number of amides is 1. The van der Waals surface area contributed by atoms with E-state index in [1.54, 1.807) is 0 Å². The number of methoxy groups -OCH3 is 1. The topological polar surface area (TPSA) is 58.6 Å². The van der Waals surface area contributed by atoms with Crippen LogP contribution in [0.5, 0.6) is 0 Å². The highest BCUT2D eigenvalue weighted by Crippen LogP contribution is 2.22. The minimum Gasteiger partial charge on any atom is -0.453 e. The van der Waals surface area contributed by atoms with E-state index in [4.69, 9.17) is 0 Å². The summed E-state index contributed by atoms with van der Waals surface area (Å²) in [5.41, 5.74) is 2.77. The third-order valence-electron chi connectivity index (χ3n) is 3.44. The first kappa shape index (κ1) is 13.4. The van der Waals surface area contributed by atoms with E-state index < -0.39 is 0 Å². The number of anilines is 1. The van der Waals surface area contributed by atoms with Crippen LogP contribution in [0.25, 0.3) is 0 Å². The van der Waals surface area contributed by atoms with Gasteiger partial charge in [0.2, 0.25) is 0 Å². The van der Waals surface area contributed by atoms with E-state index in [-0.39, 0.29) is 12.1 Å². The molecule has 1 heterocycles. The van der Waals surface area contributed by atoms with Crippen LogP contribution in [0.2, 0.25) is 0 Å². The molecule has 0 saturated carbocycles. The second-order valence-electron chi connectivity index (χ2n) is 4.73. The molecule has 19 heavy (non-hydrogen) atoms. The summed E-state index contributed by atoms with van der Waals surface area (Å²) >= 11 is 0. The van der Waals surface area contributed by atoms with Crippen LogP contribution >= 0.6 is 0 Å². The van der Waals surface area contributed by atoms with Gasteiger partial charge in [0.1, 0.15) is 6.29 Å². The standard InChI is InChI=1S/C14H18N2O3/c1-10-7-13(4-3-11(10)9-17)16-6-5-12(8-16)15-14(18)19-2/h3-4,7,9,12H,5-6,8H2,1-2H3,(H,15,18). The molecule has 0 aliphatic carbocycles. The van der Waals surface area contributed by atoms with Crippen molar-refractivity contribution >= 4 is 18.1 Å². The lowest BCUT2D eigenvalue weighted by molar-refractivity contribution is 0.112. The summed E-state index contributed by atoms with van der Waals surface area (Å²) in [6.07, 6.45) is 1.37. The number of nitrogens with one attached hydrogen (secondary N) is 1. The van der Waals surface area contributed by atoms with E-state index >= 15 is 0 Å². The van der Waals surface area contributed by atoms with E-state index in [1.165, 1.54) is 7.11 Å².